The van der Waals surface area contributed by atoms with Crippen molar-refractivity contribution in [3.63, 3.8) is 0 Å². The van der Waals surface area contributed by atoms with Gasteiger partial charge in [0.2, 0.25) is 5.91 Å². The third kappa shape index (κ3) is 13.3. The van der Waals surface area contributed by atoms with Crippen molar-refractivity contribution in [3.8, 4) is 11.5 Å². The molecule has 12 nitrogen and oxygen atoms in total. The molecule has 0 spiro atoms. The second kappa shape index (κ2) is 14.5. The minimum atomic E-state index is -3.67. The second-order valence-electron chi connectivity index (χ2n) is 8.83. The van der Waals surface area contributed by atoms with E-state index in [1.807, 2.05) is 18.2 Å². The first kappa shape index (κ1) is 31.6. The Morgan fingerprint density at radius 3 is 2.03 bits per heavy atom. The highest BCUT2D eigenvalue weighted by Gasteiger charge is 2.17. The molecular formula is C24H35N3O9S2. The smallest absolute Gasteiger partial charge is 0.261 e. The lowest BCUT2D eigenvalue weighted by Crippen LogP contribution is -2.40. The van der Waals surface area contributed by atoms with Crippen LogP contribution in [0.15, 0.2) is 36.4 Å². The first-order chi connectivity index (χ1) is 17.7. The molecule has 1 fully saturated rings. The maximum Gasteiger partial charge on any atom is 0.261 e. The Morgan fingerprint density at radius 2 is 1.47 bits per heavy atom. The van der Waals surface area contributed by atoms with E-state index in [4.69, 9.17) is 24.3 Å². The summed E-state index contributed by atoms with van der Waals surface area (Å²) in [6.45, 7) is 6.59. The second-order valence-corrected chi connectivity index (χ2v) is 11.8. The molecule has 2 aliphatic heterocycles. The first-order valence-corrected chi connectivity index (χ1v) is 15.5. The Bertz CT molecular complexity index is 1250. The van der Waals surface area contributed by atoms with Gasteiger partial charge in [-0.2, -0.15) is 16.8 Å². The predicted molar refractivity (Wildman–Crippen MR) is 143 cm³/mol. The lowest BCUT2D eigenvalue weighted by atomic mass is 10.0. The quantitative estimate of drug-likeness (QED) is 0.286. The van der Waals surface area contributed by atoms with E-state index in [2.05, 4.69) is 22.3 Å². The molecule has 2 aromatic carbocycles. The fraction of sp³-hybridized carbons (Fsp3) is 0.458. The first-order valence-electron chi connectivity index (χ1n) is 11.8. The lowest BCUT2D eigenvalue weighted by Gasteiger charge is -2.26. The number of ether oxygens (including phenoxy) is 2. The van der Waals surface area contributed by atoms with E-state index in [0.717, 1.165) is 75.8 Å². The van der Waals surface area contributed by atoms with Crippen LogP contribution in [-0.2, 0) is 44.4 Å². The van der Waals surface area contributed by atoms with Gasteiger partial charge < -0.3 is 20.5 Å². The number of hydrogen-bond acceptors (Lipinski definition) is 9. The Balaban J connectivity index is 0.000000435. The average Bonchev–Trinajstić information content (AvgIpc) is 2.99. The van der Waals surface area contributed by atoms with Gasteiger partial charge >= 0.3 is 0 Å². The molecule has 0 radical (unpaired) electrons. The molecule has 0 aromatic heterocycles. The number of nitrogens with zero attached hydrogens (tertiary/aromatic N) is 1. The molecule has 5 N–H and O–H groups in total. The Hall–Kier alpha value is -2.59. The van der Waals surface area contributed by atoms with Gasteiger partial charge in [-0.05, 0) is 53.8 Å². The molecule has 0 atom stereocenters. The molecule has 2 aliphatic rings. The number of aryl methyl sites for hydroxylation is 2. The molecule has 212 valence electrons. The van der Waals surface area contributed by atoms with Crippen molar-refractivity contribution in [1.82, 2.24) is 10.2 Å². The normalized spacial score (nSPS) is 15.3. The third-order valence-electron chi connectivity index (χ3n) is 5.39. The summed E-state index contributed by atoms with van der Waals surface area (Å²) in [5, 5.41) is 3.53. The van der Waals surface area contributed by atoms with Crippen molar-refractivity contribution in [2.45, 2.75) is 19.4 Å². The van der Waals surface area contributed by atoms with E-state index < -0.39 is 26.1 Å². The highest BCUT2D eigenvalue weighted by molar-refractivity contribution is 7.85. The molecule has 2 aromatic rings. The summed E-state index contributed by atoms with van der Waals surface area (Å²) in [6, 6.07) is 11.8. The van der Waals surface area contributed by atoms with Gasteiger partial charge in [0.05, 0.1) is 25.7 Å². The third-order valence-corrected chi connectivity index (χ3v) is 5.39. The summed E-state index contributed by atoms with van der Waals surface area (Å²) in [6.07, 6.45) is 3.14. The number of carbonyl (C=O) groups is 1. The van der Waals surface area contributed by atoms with Gasteiger partial charge in [0.25, 0.3) is 20.2 Å². The molecule has 38 heavy (non-hydrogen) atoms. The van der Waals surface area contributed by atoms with E-state index in [1.54, 1.807) is 6.07 Å². The van der Waals surface area contributed by atoms with Gasteiger partial charge in [-0.25, -0.2) is 0 Å². The van der Waals surface area contributed by atoms with Crippen molar-refractivity contribution < 1.29 is 40.2 Å². The fourth-order valence-electron chi connectivity index (χ4n) is 3.75. The van der Waals surface area contributed by atoms with E-state index in [9.17, 15) is 21.6 Å². The highest BCUT2D eigenvalue weighted by atomic mass is 32.2. The summed E-state index contributed by atoms with van der Waals surface area (Å²) in [4.78, 5) is 13.9. The van der Waals surface area contributed by atoms with Gasteiger partial charge in [-0.3, -0.25) is 18.8 Å². The van der Waals surface area contributed by atoms with Crippen molar-refractivity contribution in [3.05, 3.63) is 58.7 Å². The van der Waals surface area contributed by atoms with E-state index in [-0.39, 0.29) is 0 Å². The number of nitrogens with two attached hydrogens (primary N) is 1. The van der Waals surface area contributed by atoms with Crippen molar-refractivity contribution in [2.75, 3.05) is 51.9 Å². The van der Waals surface area contributed by atoms with Crippen LogP contribution in [0.2, 0.25) is 0 Å². The molecule has 0 unspecified atom stereocenters. The molecule has 1 amide bonds. The number of amides is 1. The molecule has 0 saturated carbocycles. The van der Waals surface area contributed by atoms with E-state index in [1.165, 1.54) is 11.1 Å². The molecular weight excluding hydrogens is 538 g/mol. The number of primary amides is 1. The Morgan fingerprint density at radius 1 is 0.947 bits per heavy atom. The molecule has 0 aliphatic carbocycles. The van der Waals surface area contributed by atoms with Gasteiger partial charge in [0.15, 0.2) is 0 Å². The van der Waals surface area contributed by atoms with Crippen LogP contribution in [0.3, 0.4) is 0 Å². The number of rotatable bonds is 6. The number of nitrogens with one attached hydrogen (secondary N) is 1. The largest absolute Gasteiger partial charge is 0.457 e. The van der Waals surface area contributed by atoms with Gasteiger partial charge in [-0.1, -0.05) is 12.1 Å². The lowest BCUT2D eigenvalue weighted by molar-refractivity contribution is 0.0384. The summed E-state index contributed by atoms with van der Waals surface area (Å²) in [7, 11) is -7.33. The summed E-state index contributed by atoms with van der Waals surface area (Å²) >= 11 is 0. The predicted octanol–water partition coefficient (Wildman–Crippen LogP) is 1.11. The average molecular weight is 574 g/mol. The topological polar surface area (TPSA) is 186 Å². The Labute approximate surface area is 223 Å². The maximum atomic E-state index is 11.4. The standard InChI is InChI=1S/C22H27N3O3.2CH4O3S/c23-22(26)19-4-6-21-18(14-19)3-2-17-13-16(1-5-20(17)28-21)15-24-7-8-25-9-11-27-12-10-25;2*1-5(2,3)4/h1,4-6,13-14,24H,2-3,7-12,15H2,(H2,23,26);2*1H3,(H,2,3,4). The van der Waals surface area contributed by atoms with Crippen LogP contribution >= 0.6 is 0 Å². The zero-order chi connectivity index (χ0) is 28.3. The van der Waals surface area contributed by atoms with E-state index in [0.29, 0.717) is 18.1 Å². The number of hydrogen-bond donors (Lipinski definition) is 4. The van der Waals surface area contributed by atoms with Crippen molar-refractivity contribution in [2.24, 2.45) is 5.73 Å². The number of benzene rings is 2. The van der Waals surface area contributed by atoms with E-state index >= 15 is 0 Å². The molecule has 0 bridgehead atoms. The van der Waals surface area contributed by atoms with Gasteiger partial charge in [-0.15, -0.1) is 0 Å². The van der Waals surface area contributed by atoms with Crippen LogP contribution < -0.4 is 15.8 Å². The van der Waals surface area contributed by atoms with Crippen LogP contribution in [0.5, 0.6) is 11.5 Å². The van der Waals surface area contributed by atoms with Gasteiger partial charge in [0, 0.05) is 38.3 Å². The highest BCUT2D eigenvalue weighted by Crippen LogP contribution is 2.34. The number of fused-ring (bicyclic) bond motifs is 2. The summed E-state index contributed by atoms with van der Waals surface area (Å²) in [5.41, 5.74) is 9.41. The number of morpholine rings is 1. The Kier molecular flexibility index (Phi) is 12.1. The summed E-state index contributed by atoms with van der Waals surface area (Å²) < 4.78 is 63.2. The van der Waals surface area contributed by atoms with Crippen LogP contribution in [0, 0.1) is 0 Å². The van der Waals surface area contributed by atoms with Crippen LogP contribution in [-0.4, -0.2) is 88.7 Å². The maximum absolute atomic E-state index is 11.4. The van der Waals surface area contributed by atoms with Crippen molar-refractivity contribution in [1.29, 1.82) is 0 Å². The zero-order valence-corrected chi connectivity index (χ0v) is 23.1. The zero-order valence-electron chi connectivity index (χ0n) is 21.4. The SMILES string of the molecule is CS(=O)(=O)O.CS(=O)(=O)O.NC(=O)c1ccc2c(c1)CCc1cc(CNCCN3CCOCC3)ccc1O2. The molecule has 1 saturated heterocycles. The van der Waals surface area contributed by atoms with Gasteiger partial charge in [0.1, 0.15) is 11.5 Å². The minimum Gasteiger partial charge on any atom is -0.457 e. The van der Waals surface area contributed by atoms with Crippen LogP contribution in [0.1, 0.15) is 27.0 Å². The monoisotopic (exact) mass is 573 g/mol. The van der Waals surface area contributed by atoms with Crippen LogP contribution in [0.25, 0.3) is 0 Å². The minimum absolute atomic E-state index is 0.407. The molecule has 14 heteroatoms. The number of carbonyl (C=O) groups excluding carboxylic acids is 1. The fourth-order valence-corrected chi connectivity index (χ4v) is 3.75. The van der Waals surface area contributed by atoms with Crippen LogP contribution in [0.4, 0.5) is 0 Å². The van der Waals surface area contributed by atoms with Crippen molar-refractivity contribution >= 4 is 26.1 Å². The molecule has 2 heterocycles. The summed E-state index contributed by atoms with van der Waals surface area (Å²) in [5.74, 6) is 1.29. The molecule has 4 rings (SSSR count).